The number of hydrogen-bond acceptors (Lipinski definition) is 4. The normalized spacial score (nSPS) is 16.4. The lowest BCUT2D eigenvalue weighted by molar-refractivity contribution is -0.108. The lowest BCUT2D eigenvalue weighted by Gasteiger charge is -2.28. The van der Waals surface area contributed by atoms with Crippen LogP contribution in [-0.2, 0) is 4.79 Å². The molecule has 2 heterocycles. The number of carbonyl (C=O) groups excluding carboxylic acids is 1. The summed E-state index contributed by atoms with van der Waals surface area (Å²) in [6.07, 6.45) is 6.30. The Labute approximate surface area is 164 Å². The minimum atomic E-state index is -0.338. The van der Waals surface area contributed by atoms with Gasteiger partial charge in [-0.25, -0.2) is 0 Å². The SMILES string of the molecule is Cc1cc2c(c(C(C)Nc3ccccc3)c1)OC(c1ccncc1)=CC2C=O. The number of nitrogens with zero attached hydrogens (tertiary/aromatic N) is 1. The zero-order valence-corrected chi connectivity index (χ0v) is 15.9. The van der Waals surface area contributed by atoms with E-state index < -0.39 is 0 Å². The summed E-state index contributed by atoms with van der Waals surface area (Å²) in [5, 5.41) is 3.53. The molecule has 140 valence electrons. The monoisotopic (exact) mass is 370 g/mol. The number of para-hydroxylation sites is 1. The number of ether oxygens (including phenoxy) is 1. The van der Waals surface area contributed by atoms with Crippen molar-refractivity contribution in [3.8, 4) is 5.75 Å². The van der Waals surface area contributed by atoms with E-state index in [-0.39, 0.29) is 12.0 Å². The van der Waals surface area contributed by atoms with Gasteiger partial charge >= 0.3 is 0 Å². The maximum Gasteiger partial charge on any atom is 0.136 e. The van der Waals surface area contributed by atoms with Gasteiger partial charge in [0, 0.05) is 34.8 Å². The van der Waals surface area contributed by atoms with Crippen molar-refractivity contribution >= 4 is 17.7 Å². The summed E-state index contributed by atoms with van der Waals surface area (Å²) in [4.78, 5) is 15.9. The van der Waals surface area contributed by atoms with Crippen LogP contribution < -0.4 is 10.1 Å². The summed E-state index contributed by atoms with van der Waals surface area (Å²) in [5.74, 6) is 1.10. The number of fused-ring (bicyclic) bond motifs is 1. The van der Waals surface area contributed by atoms with Crippen molar-refractivity contribution < 1.29 is 9.53 Å². The van der Waals surface area contributed by atoms with Crippen LogP contribution in [0.2, 0.25) is 0 Å². The molecule has 0 aliphatic carbocycles. The Morgan fingerprint density at radius 3 is 2.57 bits per heavy atom. The molecule has 0 saturated carbocycles. The van der Waals surface area contributed by atoms with E-state index in [1.54, 1.807) is 12.4 Å². The number of aldehydes is 1. The molecular formula is C24H22N2O2. The smallest absolute Gasteiger partial charge is 0.136 e. The van der Waals surface area contributed by atoms with Gasteiger partial charge in [0.1, 0.15) is 17.8 Å². The topological polar surface area (TPSA) is 51.2 Å². The zero-order valence-electron chi connectivity index (χ0n) is 15.9. The third-order valence-corrected chi connectivity index (χ3v) is 4.93. The van der Waals surface area contributed by atoms with Gasteiger partial charge in [0.25, 0.3) is 0 Å². The van der Waals surface area contributed by atoms with E-state index in [9.17, 15) is 4.79 Å². The Morgan fingerprint density at radius 1 is 1.11 bits per heavy atom. The molecule has 1 aromatic heterocycles. The van der Waals surface area contributed by atoms with Crippen LogP contribution in [-0.4, -0.2) is 11.3 Å². The first kappa shape index (κ1) is 18.0. The van der Waals surface area contributed by atoms with Crippen LogP contribution in [0.5, 0.6) is 5.75 Å². The zero-order chi connectivity index (χ0) is 19.5. The van der Waals surface area contributed by atoms with E-state index in [0.717, 1.165) is 40.0 Å². The van der Waals surface area contributed by atoms with Gasteiger partial charge < -0.3 is 14.8 Å². The van der Waals surface area contributed by atoms with Gasteiger partial charge in [0.05, 0.1) is 12.0 Å². The van der Waals surface area contributed by atoms with E-state index >= 15 is 0 Å². The van der Waals surface area contributed by atoms with E-state index in [4.69, 9.17) is 4.74 Å². The van der Waals surface area contributed by atoms with Crippen LogP contribution in [0, 0.1) is 6.92 Å². The summed E-state index contributed by atoms with van der Waals surface area (Å²) < 4.78 is 6.33. The molecule has 4 rings (SSSR count). The van der Waals surface area contributed by atoms with Crippen LogP contribution >= 0.6 is 0 Å². The van der Waals surface area contributed by atoms with Crippen molar-refractivity contribution in [2.75, 3.05) is 5.32 Å². The standard InChI is InChI=1S/C24H22N2O2/c1-16-12-21(17(2)26-20-6-4-3-5-7-20)24-22(13-16)19(15-27)14-23(28-24)18-8-10-25-11-9-18/h3-15,17,19,26H,1-2H3. The molecule has 4 nitrogen and oxygen atoms in total. The van der Waals surface area contributed by atoms with E-state index in [1.807, 2.05) is 61.5 Å². The highest BCUT2D eigenvalue weighted by Gasteiger charge is 2.27. The molecule has 0 radical (unpaired) electrons. The molecule has 1 aliphatic rings. The number of carbonyl (C=O) groups is 1. The molecule has 0 spiro atoms. The van der Waals surface area contributed by atoms with Crippen LogP contribution in [0.1, 0.15) is 41.1 Å². The fraction of sp³-hybridized carbons (Fsp3) is 0.167. The van der Waals surface area contributed by atoms with Gasteiger partial charge in [-0.2, -0.15) is 0 Å². The van der Waals surface area contributed by atoms with Gasteiger partial charge in [-0.05, 0) is 44.2 Å². The first-order valence-corrected chi connectivity index (χ1v) is 9.37. The van der Waals surface area contributed by atoms with Crippen molar-refractivity contribution in [1.29, 1.82) is 0 Å². The number of rotatable bonds is 5. The molecule has 1 N–H and O–H groups in total. The number of pyridine rings is 1. The van der Waals surface area contributed by atoms with E-state index in [1.165, 1.54) is 0 Å². The second kappa shape index (κ2) is 7.69. The van der Waals surface area contributed by atoms with E-state index in [0.29, 0.717) is 5.76 Å². The fourth-order valence-corrected chi connectivity index (χ4v) is 3.56. The Bertz CT molecular complexity index is 1010. The van der Waals surface area contributed by atoms with Crippen LogP contribution in [0.3, 0.4) is 0 Å². The first-order valence-electron chi connectivity index (χ1n) is 9.37. The number of nitrogens with one attached hydrogen (secondary N) is 1. The Morgan fingerprint density at radius 2 is 1.86 bits per heavy atom. The molecule has 0 saturated heterocycles. The molecule has 0 bridgehead atoms. The molecule has 28 heavy (non-hydrogen) atoms. The second-order valence-corrected chi connectivity index (χ2v) is 7.04. The average Bonchev–Trinajstić information content (AvgIpc) is 2.73. The molecular weight excluding hydrogens is 348 g/mol. The van der Waals surface area contributed by atoms with Crippen LogP contribution in [0.25, 0.3) is 5.76 Å². The summed E-state index contributed by atoms with van der Waals surface area (Å²) in [6.45, 7) is 4.15. The van der Waals surface area contributed by atoms with Crippen molar-refractivity contribution in [3.05, 3.63) is 95.3 Å². The number of anilines is 1. The highest BCUT2D eigenvalue weighted by Crippen LogP contribution is 2.42. The molecule has 0 fully saturated rings. The molecule has 2 atom stereocenters. The van der Waals surface area contributed by atoms with Gasteiger partial charge in [0.15, 0.2) is 0 Å². The number of benzene rings is 2. The molecule has 1 aliphatic heterocycles. The lowest BCUT2D eigenvalue weighted by atomic mass is 9.89. The number of allylic oxidation sites excluding steroid dienone is 1. The first-order chi connectivity index (χ1) is 13.7. The molecule has 3 aromatic rings. The quantitative estimate of drug-likeness (QED) is 0.621. The molecule has 0 amide bonds. The lowest BCUT2D eigenvalue weighted by Crippen LogP contribution is -2.16. The second-order valence-electron chi connectivity index (χ2n) is 7.04. The summed E-state index contributed by atoms with van der Waals surface area (Å²) >= 11 is 0. The van der Waals surface area contributed by atoms with Gasteiger partial charge in [-0.3, -0.25) is 4.98 Å². The van der Waals surface area contributed by atoms with Crippen molar-refractivity contribution in [1.82, 2.24) is 4.98 Å². The average molecular weight is 370 g/mol. The highest BCUT2D eigenvalue weighted by atomic mass is 16.5. The number of hydrogen-bond donors (Lipinski definition) is 1. The van der Waals surface area contributed by atoms with Crippen LogP contribution in [0.15, 0.2) is 73.1 Å². The van der Waals surface area contributed by atoms with Crippen molar-refractivity contribution in [2.45, 2.75) is 25.8 Å². The highest BCUT2D eigenvalue weighted by molar-refractivity contribution is 5.78. The Kier molecular flexibility index (Phi) is 4.94. The summed E-state index contributed by atoms with van der Waals surface area (Å²) in [7, 11) is 0. The van der Waals surface area contributed by atoms with Crippen LogP contribution in [0.4, 0.5) is 5.69 Å². The van der Waals surface area contributed by atoms with Gasteiger partial charge in [0.2, 0.25) is 0 Å². The minimum Gasteiger partial charge on any atom is -0.456 e. The summed E-state index contributed by atoms with van der Waals surface area (Å²) in [5.41, 5.74) is 4.99. The Hall–Kier alpha value is -3.40. The third kappa shape index (κ3) is 3.54. The number of aromatic nitrogens is 1. The maximum absolute atomic E-state index is 11.9. The molecule has 2 unspecified atom stereocenters. The van der Waals surface area contributed by atoms with Crippen molar-refractivity contribution in [3.63, 3.8) is 0 Å². The van der Waals surface area contributed by atoms with Gasteiger partial charge in [-0.15, -0.1) is 0 Å². The predicted octanol–water partition coefficient (Wildman–Crippen LogP) is 5.28. The Balaban J connectivity index is 1.75. The molecule has 4 heteroatoms. The fourth-order valence-electron chi connectivity index (χ4n) is 3.56. The largest absolute Gasteiger partial charge is 0.456 e. The summed E-state index contributed by atoms with van der Waals surface area (Å²) in [6, 6.07) is 18.0. The minimum absolute atomic E-state index is 0.0140. The third-order valence-electron chi connectivity index (χ3n) is 4.93. The molecule has 2 aromatic carbocycles. The van der Waals surface area contributed by atoms with Gasteiger partial charge in [-0.1, -0.05) is 35.9 Å². The van der Waals surface area contributed by atoms with E-state index in [2.05, 4.69) is 23.3 Å². The maximum atomic E-state index is 11.9. The number of aryl methyl sites for hydroxylation is 1. The van der Waals surface area contributed by atoms with Crippen molar-refractivity contribution in [2.24, 2.45) is 0 Å². The predicted molar refractivity (Wildman–Crippen MR) is 111 cm³/mol.